The first-order valence-corrected chi connectivity index (χ1v) is 17.5. The number of allylic oxidation sites excluding steroid dienone is 1. The maximum Gasteiger partial charge on any atom is 0.330 e. The normalized spacial score (nSPS) is 23.1. The second kappa shape index (κ2) is 17.9. The van der Waals surface area contributed by atoms with Gasteiger partial charge < -0.3 is 40.2 Å². The molecule has 0 aromatic rings. The van der Waals surface area contributed by atoms with E-state index in [-0.39, 0.29) is 42.1 Å². The summed E-state index contributed by atoms with van der Waals surface area (Å²) in [5.41, 5.74) is 1.04. The molecule has 11 nitrogen and oxygen atoms in total. The van der Waals surface area contributed by atoms with Gasteiger partial charge in [0.1, 0.15) is 24.0 Å². The van der Waals surface area contributed by atoms with Gasteiger partial charge in [0.15, 0.2) is 0 Å². The van der Waals surface area contributed by atoms with Crippen molar-refractivity contribution in [1.29, 1.82) is 0 Å². The number of carbonyl (C=O) groups excluding carboxylic acids is 2. The minimum Gasteiger partial charge on any atom is -0.463 e. The van der Waals surface area contributed by atoms with E-state index in [9.17, 15) is 34.8 Å². The van der Waals surface area contributed by atoms with Crippen LogP contribution in [0.1, 0.15) is 72.1 Å². The molecule has 1 amide bonds. The Bertz CT molecular complexity index is 1270. The van der Waals surface area contributed by atoms with Gasteiger partial charge in [-0.05, 0) is 44.1 Å². The van der Waals surface area contributed by atoms with Crippen LogP contribution >= 0.6 is 20.7 Å². The van der Waals surface area contributed by atoms with Gasteiger partial charge in [-0.3, -0.25) is 9.59 Å². The SMILES string of the molecule is CC[C@H](O)[C@H](C)/C=C/C[C@H]1CO[C@@H]([C@H](O)/C(C)=C/C(=O)OCCCCCCCC(=O)Nc2c3sscc-3[nH]c2=O)[C@H](O)[C@@H]1O. The Morgan fingerprint density at radius 1 is 1.18 bits per heavy atom. The van der Waals surface area contributed by atoms with Crippen LogP contribution in [0.4, 0.5) is 5.69 Å². The lowest BCUT2D eigenvalue weighted by atomic mass is 9.86. The molecule has 3 aliphatic rings. The number of esters is 1. The molecule has 13 heteroatoms. The molecule has 0 aromatic heterocycles. The monoisotopic (exact) mass is 654 g/mol. The molecule has 0 radical (unpaired) electrons. The van der Waals surface area contributed by atoms with Crippen LogP contribution in [0.15, 0.2) is 34.0 Å². The van der Waals surface area contributed by atoms with Crippen LogP contribution in [0, 0.1) is 11.8 Å². The van der Waals surface area contributed by atoms with Gasteiger partial charge in [0.2, 0.25) is 5.91 Å². The summed E-state index contributed by atoms with van der Waals surface area (Å²) in [7, 11) is 2.95. The summed E-state index contributed by atoms with van der Waals surface area (Å²) < 4.78 is 10.9. The average Bonchev–Trinajstić information content (AvgIpc) is 3.57. The molecule has 3 heterocycles. The van der Waals surface area contributed by atoms with Crippen molar-refractivity contribution in [1.82, 2.24) is 4.98 Å². The van der Waals surface area contributed by atoms with Gasteiger partial charge in [-0.2, -0.15) is 0 Å². The maximum atomic E-state index is 12.3. The Kier molecular flexibility index (Phi) is 14.7. The Balaban J connectivity index is 1.29. The van der Waals surface area contributed by atoms with Gasteiger partial charge in [0, 0.05) is 23.8 Å². The highest BCUT2D eigenvalue weighted by atomic mass is 32.9. The lowest BCUT2D eigenvalue weighted by Gasteiger charge is -2.39. The summed E-state index contributed by atoms with van der Waals surface area (Å²) in [4.78, 5) is 40.0. The number of aliphatic hydroxyl groups excluding tert-OH is 4. The number of rotatable bonds is 17. The van der Waals surface area contributed by atoms with Crippen LogP contribution in [-0.4, -0.2) is 81.0 Å². The molecule has 3 aliphatic heterocycles. The number of aromatic amines is 1. The molecule has 246 valence electrons. The molecule has 1 saturated heterocycles. The zero-order valence-electron chi connectivity index (χ0n) is 25.6. The molecular formula is C31H46N2O9S2. The summed E-state index contributed by atoms with van der Waals surface area (Å²) in [5.74, 6) is -1.19. The summed E-state index contributed by atoms with van der Waals surface area (Å²) in [6.07, 6.45) is 4.90. The minimum atomic E-state index is -1.34. The van der Waals surface area contributed by atoms with Crippen molar-refractivity contribution in [3.63, 3.8) is 0 Å². The van der Waals surface area contributed by atoms with E-state index in [0.717, 1.165) is 29.8 Å². The Labute approximate surface area is 265 Å². The molecule has 0 aliphatic carbocycles. The van der Waals surface area contributed by atoms with E-state index < -0.39 is 36.5 Å². The van der Waals surface area contributed by atoms with Crippen LogP contribution in [0.5, 0.6) is 0 Å². The molecule has 44 heavy (non-hydrogen) atoms. The average molecular weight is 655 g/mol. The predicted octanol–water partition coefficient (Wildman–Crippen LogP) is 3.82. The number of unbranched alkanes of at least 4 members (excludes halogenated alkanes) is 4. The number of hydrogen-bond donors (Lipinski definition) is 6. The molecule has 6 N–H and O–H groups in total. The van der Waals surface area contributed by atoms with E-state index in [1.54, 1.807) is 0 Å². The summed E-state index contributed by atoms with van der Waals surface area (Å²) >= 11 is 0. The van der Waals surface area contributed by atoms with Gasteiger partial charge in [0.25, 0.3) is 5.56 Å². The summed E-state index contributed by atoms with van der Waals surface area (Å²) in [5, 5.41) is 46.4. The van der Waals surface area contributed by atoms with Gasteiger partial charge in [-0.15, -0.1) is 0 Å². The number of fused-ring (bicyclic) bond motifs is 1. The third-order valence-corrected chi connectivity index (χ3v) is 10.1. The first-order chi connectivity index (χ1) is 21.0. The minimum absolute atomic E-state index is 0.0247. The lowest BCUT2D eigenvalue weighted by Crippen LogP contribution is -2.54. The van der Waals surface area contributed by atoms with Crippen molar-refractivity contribution in [2.75, 3.05) is 18.5 Å². The molecule has 0 saturated carbocycles. The van der Waals surface area contributed by atoms with E-state index in [4.69, 9.17) is 9.47 Å². The fourth-order valence-electron chi connectivity index (χ4n) is 5.11. The molecule has 3 rings (SSSR count). The van der Waals surface area contributed by atoms with E-state index in [1.165, 1.54) is 33.7 Å². The second-order valence-corrected chi connectivity index (χ2v) is 13.6. The van der Waals surface area contributed by atoms with Crippen LogP contribution in [0.3, 0.4) is 0 Å². The molecule has 0 unspecified atom stereocenters. The summed E-state index contributed by atoms with van der Waals surface area (Å²) in [6, 6.07) is 0. The predicted molar refractivity (Wildman–Crippen MR) is 171 cm³/mol. The largest absolute Gasteiger partial charge is 0.463 e. The fourth-order valence-corrected chi connectivity index (χ4v) is 7.27. The molecule has 0 bridgehead atoms. The molecule has 1 fully saturated rings. The fraction of sp³-hybridized carbons (Fsp3) is 0.645. The number of hydrogen-bond acceptors (Lipinski definition) is 11. The van der Waals surface area contributed by atoms with Gasteiger partial charge >= 0.3 is 5.97 Å². The van der Waals surface area contributed by atoms with Crippen molar-refractivity contribution >= 4 is 38.2 Å². The van der Waals surface area contributed by atoms with Gasteiger partial charge in [-0.1, -0.05) is 65.9 Å². The number of nitrogens with one attached hydrogen (secondary N) is 2. The van der Waals surface area contributed by atoms with Crippen LogP contribution < -0.4 is 10.9 Å². The highest BCUT2D eigenvalue weighted by Gasteiger charge is 2.41. The highest BCUT2D eigenvalue weighted by molar-refractivity contribution is 7.70. The lowest BCUT2D eigenvalue weighted by molar-refractivity contribution is -0.187. The van der Waals surface area contributed by atoms with Crippen LogP contribution in [0.25, 0.3) is 10.6 Å². The number of aromatic nitrogens is 1. The number of amides is 1. The van der Waals surface area contributed by atoms with Crippen molar-refractivity contribution in [2.45, 2.75) is 103 Å². The highest BCUT2D eigenvalue weighted by Crippen LogP contribution is 2.35. The van der Waals surface area contributed by atoms with E-state index in [0.29, 0.717) is 37.8 Å². The third kappa shape index (κ3) is 10.3. The zero-order valence-corrected chi connectivity index (χ0v) is 27.2. The number of H-pyrrole nitrogens is 1. The first kappa shape index (κ1) is 36.1. The summed E-state index contributed by atoms with van der Waals surface area (Å²) in [6.45, 7) is 5.69. The quantitative estimate of drug-likeness (QED) is 0.0486. The van der Waals surface area contributed by atoms with Gasteiger partial charge in [0.05, 0.1) is 36.0 Å². The first-order valence-electron chi connectivity index (χ1n) is 15.3. The maximum absolute atomic E-state index is 12.3. The number of ether oxygens (including phenoxy) is 2. The van der Waals surface area contributed by atoms with Gasteiger partial charge in [-0.25, -0.2) is 4.79 Å². The molecule has 0 spiro atoms. The Morgan fingerprint density at radius 2 is 1.91 bits per heavy atom. The van der Waals surface area contributed by atoms with E-state index in [1.807, 2.05) is 31.4 Å². The zero-order chi connectivity index (χ0) is 32.2. The molecule has 7 atom stereocenters. The topological polar surface area (TPSA) is 178 Å². The van der Waals surface area contributed by atoms with Crippen molar-refractivity contribution in [3.8, 4) is 10.6 Å². The number of carbonyl (C=O) groups is 2. The Hall–Kier alpha value is -2.39. The Morgan fingerprint density at radius 3 is 2.66 bits per heavy atom. The van der Waals surface area contributed by atoms with Crippen molar-refractivity contribution in [2.24, 2.45) is 11.8 Å². The number of aliphatic hydroxyl groups is 4. The second-order valence-electron chi connectivity index (χ2n) is 11.5. The standard InChI is InChI=1S/C31H46N2O9S2/c1-4-22(34)18(2)11-10-12-20-16-42-29(28(39)27(20)38)26(37)19(3)15-24(36)41-14-9-7-5-6-8-13-23(35)33-25-30-21(17-43-44-30)32-31(25)40/h10-11,15,17-18,20,22,26-29,34,37-39H,4-9,12-14,16H2,1-3H3,(H,32,40)(H,33,35)/b11-10+,19-15+/t18-,20+,22+,26-,27-,28-,29+/m1/s1. The molecular weight excluding hydrogens is 608 g/mol. The molecule has 0 aromatic carbocycles. The van der Waals surface area contributed by atoms with E-state index in [2.05, 4.69) is 10.3 Å². The third-order valence-electron chi connectivity index (χ3n) is 8.00. The van der Waals surface area contributed by atoms with E-state index >= 15 is 0 Å². The van der Waals surface area contributed by atoms with Crippen molar-refractivity contribution in [3.05, 3.63) is 39.5 Å². The smallest absolute Gasteiger partial charge is 0.330 e. The number of anilines is 1. The van der Waals surface area contributed by atoms with Crippen LogP contribution in [-0.2, 0) is 19.1 Å². The van der Waals surface area contributed by atoms with Crippen LogP contribution in [0.2, 0.25) is 0 Å². The van der Waals surface area contributed by atoms with Crippen molar-refractivity contribution < 1.29 is 39.5 Å².